The number of hydrogen-bond donors (Lipinski definition) is 3. The fourth-order valence-corrected chi connectivity index (χ4v) is 1.67. The zero-order valence-electron chi connectivity index (χ0n) is 12.3. The molecule has 5 nitrogen and oxygen atoms in total. The topological polar surface area (TPSA) is 88.2 Å². The highest BCUT2D eigenvalue weighted by Gasteiger charge is 2.27. The van der Waals surface area contributed by atoms with Crippen LogP contribution in [0, 0.1) is 0 Å². The predicted octanol–water partition coefficient (Wildman–Crippen LogP) is 1.65. The first kappa shape index (κ1) is 16.4. The highest BCUT2D eigenvalue weighted by atomic mass is 19.1. The van der Waals surface area contributed by atoms with Gasteiger partial charge >= 0.3 is 0 Å². The molecule has 0 aliphatic carbocycles. The van der Waals surface area contributed by atoms with Gasteiger partial charge in [0, 0.05) is 24.4 Å². The zero-order valence-corrected chi connectivity index (χ0v) is 12.3. The average Bonchev–Trinajstić information content (AvgIpc) is 2.26. The number of nitrogens with one attached hydrogen (secondary N) is 1. The summed E-state index contributed by atoms with van der Waals surface area (Å²) in [5.41, 5.74) is 5.09. The molecule has 4 N–H and O–H groups in total. The second-order valence-corrected chi connectivity index (χ2v) is 5.71. The van der Waals surface area contributed by atoms with Gasteiger partial charge in [-0.25, -0.2) is 4.39 Å². The summed E-state index contributed by atoms with van der Waals surface area (Å²) in [6, 6.07) is 1.69. The number of nitrogens with zero attached hydrogens (tertiary/aromatic N) is 1. The van der Waals surface area contributed by atoms with Crippen LogP contribution < -0.4 is 11.1 Å². The van der Waals surface area contributed by atoms with Gasteiger partial charge in [-0.2, -0.15) is 0 Å². The van der Waals surface area contributed by atoms with Crippen molar-refractivity contribution in [2.45, 2.75) is 51.9 Å². The van der Waals surface area contributed by atoms with Gasteiger partial charge in [0.15, 0.2) is 0 Å². The maximum Gasteiger partial charge on any atom is 0.252 e. The number of nitrogens with two attached hydrogens (primary N) is 1. The van der Waals surface area contributed by atoms with E-state index in [2.05, 4.69) is 10.3 Å². The number of hydrogen-bond acceptors (Lipinski definition) is 4. The van der Waals surface area contributed by atoms with E-state index in [1.807, 2.05) is 13.8 Å². The Balaban J connectivity index is 3.03. The molecule has 1 unspecified atom stereocenters. The molecule has 1 heterocycles. The summed E-state index contributed by atoms with van der Waals surface area (Å²) in [5, 5.41) is 12.7. The largest absolute Gasteiger partial charge is 0.387 e. The van der Waals surface area contributed by atoms with Crippen LogP contribution in [0.25, 0.3) is 0 Å². The quantitative estimate of drug-likeness (QED) is 0.740. The van der Waals surface area contributed by atoms with Crippen molar-refractivity contribution in [2.24, 2.45) is 5.73 Å². The van der Waals surface area contributed by atoms with Crippen LogP contribution in [0.15, 0.2) is 12.3 Å². The van der Waals surface area contributed by atoms with Crippen LogP contribution in [0.4, 0.5) is 10.1 Å². The van der Waals surface area contributed by atoms with Gasteiger partial charge in [-0.05, 0) is 33.8 Å². The van der Waals surface area contributed by atoms with Crippen LogP contribution in [-0.4, -0.2) is 33.8 Å². The van der Waals surface area contributed by atoms with E-state index in [1.165, 1.54) is 20.0 Å². The minimum absolute atomic E-state index is 0.0324. The third-order valence-electron chi connectivity index (χ3n) is 2.83. The summed E-state index contributed by atoms with van der Waals surface area (Å²) in [4.78, 5) is 15.4. The van der Waals surface area contributed by atoms with Gasteiger partial charge in [0.25, 0.3) is 5.91 Å². The minimum atomic E-state index is -1.44. The van der Waals surface area contributed by atoms with Crippen LogP contribution in [-0.2, 0) is 6.42 Å². The highest BCUT2D eigenvalue weighted by molar-refractivity contribution is 5.98. The lowest BCUT2D eigenvalue weighted by Gasteiger charge is -2.22. The number of pyridine rings is 1. The normalized spacial score (nSPS) is 13.3. The van der Waals surface area contributed by atoms with E-state index in [1.54, 1.807) is 6.07 Å². The van der Waals surface area contributed by atoms with E-state index < -0.39 is 17.7 Å². The van der Waals surface area contributed by atoms with Crippen molar-refractivity contribution in [2.75, 3.05) is 5.32 Å². The van der Waals surface area contributed by atoms with E-state index in [9.17, 15) is 14.3 Å². The van der Waals surface area contributed by atoms with Crippen molar-refractivity contribution < 1.29 is 14.3 Å². The molecule has 1 aromatic rings. The molecule has 6 heteroatoms. The van der Waals surface area contributed by atoms with Gasteiger partial charge < -0.3 is 16.2 Å². The van der Waals surface area contributed by atoms with Crippen molar-refractivity contribution in [3.63, 3.8) is 0 Å². The Morgan fingerprint density at radius 1 is 1.55 bits per heavy atom. The van der Waals surface area contributed by atoms with E-state index >= 15 is 0 Å². The lowest BCUT2D eigenvalue weighted by Crippen LogP contribution is -2.34. The monoisotopic (exact) mass is 283 g/mol. The average molecular weight is 283 g/mol. The number of anilines is 1. The van der Waals surface area contributed by atoms with Crippen LogP contribution in [0.1, 0.15) is 43.7 Å². The first-order valence-electron chi connectivity index (χ1n) is 6.53. The van der Waals surface area contributed by atoms with Gasteiger partial charge in [-0.1, -0.05) is 0 Å². The van der Waals surface area contributed by atoms with Gasteiger partial charge in [0.05, 0.1) is 16.9 Å². The number of amides is 1. The number of carbonyl (C=O) groups is 1. The summed E-state index contributed by atoms with van der Waals surface area (Å²) in [6.45, 7) is 6.64. The first-order chi connectivity index (χ1) is 9.11. The second-order valence-electron chi connectivity index (χ2n) is 5.71. The van der Waals surface area contributed by atoms with Gasteiger partial charge in [-0.3, -0.25) is 9.78 Å². The van der Waals surface area contributed by atoms with E-state index in [4.69, 9.17) is 5.73 Å². The van der Waals surface area contributed by atoms with Crippen molar-refractivity contribution in [1.82, 2.24) is 4.98 Å². The maximum absolute atomic E-state index is 13.8. The molecule has 112 valence electrons. The third kappa shape index (κ3) is 4.45. The summed E-state index contributed by atoms with van der Waals surface area (Å²) >= 11 is 0. The van der Waals surface area contributed by atoms with Gasteiger partial charge in [0.1, 0.15) is 6.17 Å². The number of rotatable bonds is 6. The molecule has 0 fully saturated rings. The smallest absolute Gasteiger partial charge is 0.252 e. The Labute approximate surface area is 118 Å². The summed E-state index contributed by atoms with van der Waals surface area (Å²) < 4.78 is 13.8. The molecule has 0 aliphatic rings. The molecular weight excluding hydrogens is 261 g/mol. The van der Waals surface area contributed by atoms with Crippen molar-refractivity contribution >= 4 is 11.6 Å². The molecule has 20 heavy (non-hydrogen) atoms. The van der Waals surface area contributed by atoms with Crippen molar-refractivity contribution in [3.8, 4) is 0 Å². The molecule has 0 aromatic carbocycles. The number of halogens is 1. The molecule has 0 saturated heterocycles. The van der Waals surface area contributed by atoms with Crippen LogP contribution in [0.2, 0.25) is 0 Å². The molecule has 0 spiro atoms. The van der Waals surface area contributed by atoms with Crippen molar-refractivity contribution in [3.05, 3.63) is 23.5 Å². The first-order valence-corrected chi connectivity index (χ1v) is 6.53. The second kappa shape index (κ2) is 6.17. The summed E-state index contributed by atoms with van der Waals surface area (Å²) in [7, 11) is 0. The Morgan fingerprint density at radius 3 is 2.60 bits per heavy atom. The lowest BCUT2D eigenvalue weighted by molar-refractivity contribution is -0.00299. The minimum Gasteiger partial charge on any atom is -0.387 e. The molecule has 1 rings (SSSR count). The predicted molar refractivity (Wildman–Crippen MR) is 76.4 cm³/mol. The van der Waals surface area contributed by atoms with Crippen LogP contribution in [0.5, 0.6) is 0 Å². The van der Waals surface area contributed by atoms with E-state index in [0.717, 1.165) is 0 Å². The SMILES string of the molecule is CC(C)Nc1cc(CC(F)C(C)(C)O)ncc1C(N)=O. The molecular formula is C14H22FN3O2. The molecule has 0 aliphatic heterocycles. The molecule has 0 bridgehead atoms. The summed E-state index contributed by atoms with van der Waals surface area (Å²) in [5.74, 6) is -0.591. The molecule has 0 radical (unpaired) electrons. The Bertz CT molecular complexity index is 484. The molecule has 1 amide bonds. The lowest BCUT2D eigenvalue weighted by atomic mass is 9.98. The number of aliphatic hydroxyl groups is 1. The summed E-state index contributed by atoms with van der Waals surface area (Å²) in [6.07, 6.45) is -0.143. The maximum atomic E-state index is 13.8. The fourth-order valence-electron chi connectivity index (χ4n) is 1.67. The molecule has 0 saturated carbocycles. The number of aromatic nitrogens is 1. The zero-order chi connectivity index (χ0) is 15.5. The number of carbonyl (C=O) groups excluding carboxylic acids is 1. The molecule has 1 atom stereocenters. The van der Waals surface area contributed by atoms with Crippen molar-refractivity contribution in [1.29, 1.82) is 0 Å². The molecule has 1 aromatic heterocycles. The van der Waals surface area contributed by atoms with Crippen LogP contribution in [0.3, 0.4) is 0 Å². The fraction of sp³-hybridized carbons (Fsp3) is 0.571. The van der Waals surface area contributed by atoms with Gasteiger partial charge in [0.2, 0.25) is 0 Å². The van der Waals surface area contributed by atoms with Crippen LogP contribution >= 0.6 is 0 Å². The Kier molecular flexibility index (Phi) is 5.05. The number of alkyl halides is 1. The standard InChI is InChI=1S/C14H22FN3O2/c1-8(2)18-11-5-9(6-12(15)14(3,4)20)17-7-10(11)13(16)19/h5,7-8,12,20H,6H2,1-4H3,(H2,16,19)(H,17,18). The number of primary amides is 1. The van der Waals surface area contributed by atoms with Gasteiger partial charge in [-0.15, -0.1) is 0 Å². The Hall–Kier alpha value is -1.69. The third-order valence-corrected chi connectivity index (χ3v) is 2.83. The highest BCUT2D eigenvalue weighted by Crippen LogP contribution is 2.21. The Morgan fingerprint density at radius 2 is 2.15 bits per heavy atom. The van der Waals surface area contributed by atoms with E-state index in [0.29, 0.717) is 11.4 Å². The van der Waals surface area contributed by atoms with E-state index in [-0.39, 0.29) is 18.0 Å².